The Morgan fingerprint density at radius 2 is 1.86 bits per heavy atom. The molecule has 0 unspecified atom stereocenters. The number of rotatable bonds is 4. The Morgan fingerprint density at radius 3 is 2.33 bits per heavy atom. The summed E-state index contributed by atoms with van der Waals surface area (Å²) in [5.74, 6) is -1.19. The van der Waals surface area contributed by atoms with Gasteiger partial charge in [-0.2, -0.15) is 0 Å². The van der Waals surface area contributed by atoms with Gasteiger partial charge < -0.3 is 10.0 Å². The number of carboxylic acids is 1. The van der Waals surface area contributed by atoms with Gasteiger partial charge in [-0.05, 0) is 32.9 Å². The Kier molecular flexibility index (Phi) is 4.43. The van der Waals surface area contributed by atoms with E-state index in [1.54, 1.807) is 29.4 Å². The summed E-state index contributed by atoms with van der Waals surface area (Å²) in [4.78, 5) is 31.0. The number of aryl methyl sites for hydroxylation is 2. The van der Waals surface area contributed by atoms with Crippen LogP contribution in [0.2, 0.25) is 0 Å². The summed E-state index contributed by atoms with van der Waals surface area (Å²) in [7, 11) is 1.72. The first kappa shape index (κ1) is 15.7. The molecule has 0 aliphatic rings. The first-order valence-electron chi connectivity index (χ1n) is 6.35. The van der Waals surface area contributed by atoms with E-state index in [9.17, 15) is 9.59 Å². The van der Waals surface area contributed by atoms with Crippen molar-refractivity contribution < 1.29 is 14.7 Å². The first-order chi connectivity index (χ1) is 9.81. The Morgan fingerprint density at radius 1 is 1.24 bits per heavy atom. The molecule has 2 rings (SSSR count). The van der Waals surface area contributed by atoms with Crippen LogP contribution in [0.4, 0.5) is 0 Å². The van der Waals surface area contributed by atoms with E-state index in [1.807, 2.05) is 20.8 Å². The van der Waals surface area contributed by atoms with Crippen molar-refractivity contribution in [2.75, 3.05) is 7.05 Å². The highest BCUT2D eigenvalue weighted by atomic mass is 32.1. The maximum Gasteiger partial charge on any atom is 0.345 e. The van der Waals surface area contributed by atoms with Gasteiger partial charge in [-0.15, -0.1) is 22.7 Å². The van der Waals surface area contributed by atoms with Crippen LogP contribution in [0.3, 0.4) is 0 Å². The van der Waals surface area contributed by atoms with Gasteiger partial charge in [-0.25, -0.2) is 9.78 Å². The summed E-state index contributed by atoms with van der Waals surface area (Å²) < 4.78 is 0. The van der Waals surface area contributed by atoms with Crippen LogP contribution in [0.25, 0.3) is 0 Å². The number of carboxylic acid groups (broad SMARTS) is 1. The molecule has 0 fully saturated rings. The summed E-state index contributed by atoms with van der Waals surface area (Å²) in [5, 5.41) is 9.90. The number of hydrogen-bond donors (Lipinski definition) is 1. The summed E-state index contributed by atoms with van der Waals surface area (Å²) in [5.41, 5.74) is 0.932. The quantitative estimate of drug-likeness (QED) is 0.936. The Bertz CT molecular complexity index is 690. The predicted molar refractivity (Wildman–Crippen MR) is 83.4 cm³/mol. The molecule has 0 radical (unpaired) electrons. The average Bonchev–Trinajstić information content (AvgIpc) is 3.03. The molecule has 0 saturated carbocycles. The second-order valence-corrected chi connectivity index (χ2v) is 7.06. The van der Waals surface area contributed by atoms with E-state index in [4.69, 9.17) is 5.11 Å². The number of aromatic carboxylic acids is 1. The molecule has 0 spiro atoms. The zero-order valence-electron chi connectivity index (χ0n) is 12.2. The van der Waals surface area contributed by atoms with Crippen molar-refractivity contribution in [3.63, 3.8) is 0 Å². The Hall–Kier alpha value is -1.73. The van der Waals surface area contributed by atoms with Crippen LogP contribution < -0.4 is 0 Å². The summed E-state index contributed by atoms with van der Waals surface area (Å²) in [6.45, 7) is 5.82. The largest absolute Gasteiger partial charge is 0.477 e. The van der Waals surface area contributed by atoms with Crippen LogP contribution in [0, 0.1) is 13.8 Å². The molecule has 1 atom stereocenters. The minimum absolute atomic E-state index is 0.0981. The van der Waals surface area contributed by atoms with Gasteiger partial charge in [0.25, 0.3) is 5.91 Å². The van der Waals surface area contributed by atoms with E-state index in [1.165, 1.54) is 6.07 Å². The van der Waals surface area contributed by atoms with E-state index in [0.29, 0.717) is 4.88 Å². The van der Waals surface area contributed by atoms with E-state index in [2.05, 4.69) is 4.98 Å². The molecule has 0 bridgehead atoms. The van der Waals surface area contributed by atoms with Crippen LogP contribution in [0.15, 0.2) is 12.1 Å². The molecular weight excluding hydrogens is 308 g/mol. The van der Waals surface area contributed by atoms with Gasteiger partial charge in [-0.1, -0.05) is 0 Å². The van der Waals surface area contributed by atoms with E-state index in [0.717, 1.165) is 26.9 Å². The SMILES string of the molecule is Cc1nc(C)c([C@@H](C)N(C)C(=O)c2ccc(C(=O)O)s2)s1. The van der Waals surface area contributed by atoms with Crippen molar-refractivity contribution in [3.05, 3.63) is 37.5 Å². The maximum atomic E-state index is 12.4. The third-order valence-electron chi connectivity index (χ3n) is 3.25. The lowest BCUT2D eigenvalue weighted by molar-refractivity contribution is 0.0701. The highest BCUT2D eigenvalue weighted by molar-refractivity contribution is 7.15. The fraction of sp³-hybridized carbons (Fsp3) is 0.357. The van der Waals surface area contributed by atoms with Crippen molar-refractivity contribution in [3.8, 4) is 0 Å². The minimum Gasteiger partial charge on any atom is -0.477 e. The molecule has 0 saturated heterocycles. The third-order valence-corrected chi connectivity index (χ3v) is 5.55. The molecule has 112 valence electrons. The van der Waals surface area contributed by atoms with Gasteiger partial charge in [0, 0.05) is 11.9 Å². The molecule has 5 nitrogen and oxygen atoms in total. The lowest BCUT2D eigenvalue weighted by atomic mass is 10.2. The summed E-state index contributed by atoms with van der Waals surface area (Å²) >= 11 is 2.57. The standard InChI is InChI=1S/C14H16N2O3S2/c1-7-12(20-9(3)15-7)8(2)16(4)13(17)10-5-6-11(21-10)14(18)19/h5-6,8H,1-4H3,(H,18,19)/t8-/m1/s1. The molecule has 2 aromatic rings. The number of carbonyl (C=O) groups excluding carboxylic acids is 1. The zero-order chi connectivity index (χ0) is 15.7. The molecule has 2 heterocycles. The number of aromatic nitrogens is 1. The maximum absolute atomic E-state index is 12.4. The van der Waals surface area contributed by atoms with Crippen molar-refractivity contribution in [1.29, 1.82) is 0 Å². The monoisotopic (exact) mass is 324 g/mol. The highest BCUT2D eigenvalue weighted by Crippen LogP contribution is 2.30. The fourth-order valence-corrected chi connectivity index (χ4v) is 3.88. The molecule has 0 aliphatic carbocycles. The number of amides is 1. The van der Waals surface area contributed by atoms with E-state index < -0.39 is 5.97 Å². The number of thiazole rings is 1. The molecule has 1 amide bonds. The van der Waals surface area contributed by atoms with Crippen LogP contribution >= 0.6 is 22.7 Å². The topological polar surface area (TPSA) is 70.5 Å². The molecule has 2 aromatic heterocycles. The Balaban J connectivity index is 2.21. The van der Waals surface area contributed by atoms with Crippen LogP contribution in [0.1, 0.15) is 47.9 Å². The molecule has 0 aliphatic heterocycles. The molecular formula is C14H16N2O3S2. The summed E-state index contributed by atoms with van der Waals surface area (Å²) in [6.07, 6.45) is 0. The third kappa shape index (κ3) is 3.14. The number of thiophene rings is 1. The van der Waals surface area contributed by atoms with Crippen LogP contribution in [0.5, 0.6) is 0 Å². The minimum atomic E-state index is -1.01. The van der Waals surface area contributed by atoms with Gasteiger partial charge >= 0.3 is 5.97 Å². The lowest BCUT2D eigenvalue weighted by Crippen LogP contribution is -2.28. The second-order valence-electron chi connectivity index (χ2n) is 4.74. The molecule has 7 heteroatoms. The van der Waals surface area contributed by atoms with Crippen LogP contribution in [-0.2, 0) is 0 Å². The van der Waals surface area contributed by atoms with E-state index >= 15 is 0 Å². The van der Waals surface area contributed by atoms with Gasteiger partial charge in [0.15, 0.2) is 0 Å². The number of nitrogens with zero attached hydrogens (tertiary/aromatic N) is 2. The molecule has 21 heavy (non-hydrogen) atoms. The van der Waals surface area contributed by atoms with Crippen molar-refractivity contribution in [2.24, 2.45) is 0 Å². The van der Waals surface area contributed by atoms with Crippen LogP contribution in [-0.4, -0.2) is 33.9 Å². The van der Waals surface area contributed by atoms with Crippen molar-refractivity contribution in [1.82, 2.24) is 9.88 Å². The summed E-state index contributed by atoms with van der Waals surface area (Å²) in [6, 6.07) is 2.92. The number of hydrogen-bond acceptors (Lipinski definition) is 5. The van der Waals surface area contributed by atoms with Crippen molar-refractivity contribution in [2.45, 2.75) is 26.8 Å². The van der Waals surface area contributed by atoms with Gasteiger partial charge in [0.1, 0.15) is 4.88 Å². The zero-order valence-corrected chi connectivity index (χ0v) is 13.8. The van der Waals surface area contributed by atoms with Crippen molar-refractivity contribution >= 4 is 34.6 Å². The molecule has 0 aromatic carbocycles. The number of carbonyl (C=O) groups is 2. The van der Waals surface area contributed by atoms with Gasteiger partial charge in [0.05, 0.1) is 21.6 Å². The predicted octanol–water partition coefficient (Wildman–Crippen LogP) is 3.35. The molecule has 1 N–H and O–H groups in total. The lowest BCUT2D eigenvalue weighted by Gasteiger charge is -2.23. The van der Waals surface area contributed by atoms with E-state index in [-0.39, 0.29) is 16.8 Å². The Labute approximate surface area is 130 Å². The highest BCUT2D eigenvalue weighted by Gasteiger charge is 2.24. The van der Waals surface area contributed by atoms with Gasteiger partial charge in [0.2, 0.25) is 0 Å². The van der Waals surface area contributed by atoms with Gasteiger partial charge in [-0.3, -0.25) is 4.79 Å². The fourth-order valence-electron chi connectivity index (χ4n) is 2.03. The first-order valence-corrected chi connectivity index (χ1v) is 7.98. The normalized spacial score (nSPS) is 12.2. The second kappa shape index (κ2) is 5.95. The average molecular weight is 324 g/mol. The smallest absolute Gasteiger partial charge is 0.345 e.